The first-order valence-corrected chi connectivity index (χ1v) is 9.94. The van der Waals surface area contributed by atoms with Crippen LogP contribution in [-0.2, 0) is 13.0 Å². The van der Waals surface area contributed by atoms with E-state index in [1.54, 1.807) is 11.8 Å². The molecule has 0 amide bonds. The predicted molar refractivity (Wildman–Crippen MR) is 117 cm³/mol. The van der Waals surface area contributed by atoms with Gasteiger partial charge in [0.1, 0.15) is 5.82 Å². The molecule has 0 atom stereocenters. The number of nitrogens with one attached hydrogen (secondary N) is 2. The highest BCUT2D eigenvalue weighted by Gasteiger charge is 2.13. The van der Waals surface area contributed by atoms with E-state index in [1.807, 2.05) is 7.05 Å². The minimum atomic E-state index is 0. The number of aryl methyl sites for hydroxylation is 1. The lowest BCUT2D eigenvalue weighted by molar-refractivity contribution is 0.477. The molecule has 6 nitrogen and oxygen atoms in total. The highest BCUT2D eigenvalue weighted by Crippen LogP contribution is 2.16. The van der Waals surface area contributed by atoms with Crippen LogP contribution in [0.3, 0.4) is 0 Å². The van der Waals surface area contributed by atoms with Crippen molar-refractivity contribution in [2.75, 3.05) is 19.8 Å². The summed E-state index contributed by atoms with van der Waals surface area (Å²) >= 11 is 1.66. The monoisotopic (exact) mass is 478 g/mol. The molecule has 0 saturated heterocycles. The van der Waals surface area contributed by atoms with Gasteiger partial charge in [0, 0.05) is 32.6 Å². The normalized spacial score (nSPS) is 14.8. The van der Waals surface area contributed by atoms with Gasteiger partial charge in [-0.05, 0) is 31.4 Å². The zero-order valence-corrected chi connectivity index (χ0v) is 18.8. The lowest BCUT2D eigenvalue weighted by Crippen LogP contribution is -2.42. The van der Waals surface area contributed by atoms with Crippen LogP contribution in [0.1, 0.15) is 38.9 Å². The molecule has 8 heteroatoms. The van der Waals surface area contributed by atoms with Gasteiger partial charge in [-0.25, -0.2) is 0 Å². The summed E-state index contributed by atoms with van der Waals surface area (Å²) in [5.41, 5.74) is 0. The Balaban J connectivity index is 0.00000312. The van der Waals surface area contributed by atoms with E-state index in [2.05, 4.69) is 62.6 Å². The van der Waals surface area contributed by atoms with Crippen molar-refractivity contribution in [1.82, 2.24) is 25.4 Å². The second-order valence-corrected chi connectivity index (χ2v) is 7.27. The molecule has 2 rings (SSSR count). The second kappa shape index (κ2) is 11.8. The van der Waals surface area contributed by atoms with Crippen molar-refractivity contribution < 1.29 is 0 Å². The van der Waals surface area contributed by atoms with Gasteiger partial charge < -0.3 is 15.2 Å². The van der Waals surface area contributed by atoms with E-state index in [-0.39, 0.29) is 24.0 Å². The first-order valence-electron chi connectivity index (χ1n) is 8.72. The number of aliphatic imine (C=N–C) groups is 1. The molecule has 1 aliphatic rings. The smallest absolute Gasteiger partial charge is 0.191 e. The Kier molecular flexibility index (Phi) is 10.5. The quantitative estimate of drug-likeness (QED) is 0.150. The van der Waals surface area contributed by atoms with Crippen LogP contribution in [0.25, 0.3) is 0 Å². The summed E-state index contributed by atoms with van der Waals surface area (Å²) in [6.45, 7) is 6.30. The Morgan fingerprint density at radius 2 is 2.08 bits per heavy atom. The standard InChI is InChI=1S/C17H30N6S.HI/c1-13(2)12-23-15(21-22-17(23)24-4)10-7-11-19-16(18-3)20-14-8-5-6-9-14;/h5-6,13-14H,7-12H2,1-4H3,(H2,18,19,20);1H. The number of rotatable bonds is 8. The molecule has 0 saturated carbocycles. The van der Waals surface area contributed by atoms with Crippen molar-refractivity contribution in [2.24, 2.45) is 10.9 Å². The molecule has 0 aliphatic heterocycles. The summed E-state index contributed by atoms with van der Waals surface area (Å²) in [5.74, 6) is 2.56. The van der Waals surface area contributed by atoms with Gasteiger partial charge in [-0.15, -0.1) is 34.2 Å². The SMILES string of the molecule is CN=C(NCCCc1nnc(SC)n1CC(C)C)NC1CC=CC1.I. The van der Waals surface area contributed by atoms with Crippen molar-refractivity contribution in [3.8, 4) is 0 Å². The number of hydrogen-bond donors (Lipinski definition) is 2. The van der Waals surface area contributed by atoms with E-state index >= 15 is 0 Å². The van der Waals surface area contributed by atoms with Crippen LogP contribution >= 0.6 is 35.7 Å². The van der Waals surface area contributed by atoms with Crippen LogP contribution < -0.4 is 10.6 Å². The Bertz CT molecular complexity index is 561. The Morgan fingerprint density at radius 1 is 1.36 bits per heavy atom. The van der Waals surface area contributed by atoms with E-state index < -0.39 is 0 Å². The van der Waals surface area contributed by atoms with Crippen molar-refractivity contribution in [3.05, 3.63) is 18.0 Å². The maximum atomic E-state index is 4.37. The highest BCUT2D eigenvalue weighted by molar-refractivity contribution is 14.0. The summed E-state index contributed by atoms with van der Waals surface area (Å²) in [5, 5.41) is 16.5. The van der Waals surface area contributed by atoms with Gasteiger partial charge in [-0.3, -0.25) is 4.99 Å². The average Bonchev–Trinajstić information content (AvgIpc) is 3.20. The van der Waals surface area contributed by atoms with E-state index in [4.69, 9.17) is 0 Å². The minimum absolute atomic E-state index is 0. The Labute approximate surface area is 172 Å². The summed E-state index contributed by atoms with van der Waals surface area (Å²) < 4.78 is 2.26. The maximum absolute atomic E-state index is 4.37. The molecule has 0 spiro atoms. The zero-order valence-electron chi connectivity index (χ0n) is 15.7. The van der Waals surface area contributed by atoms with Gasteiger partial charge in [0.25, 0.3) is 0 Å². The third kappa shape index (κ3) is 7.16. The number of thioether (sulfide) groups is 1. The van der Waals surface area contributed by atoms with Gasteiger partial charge in [0.05, 0.1) is 0 Å². The molecule has 2 N–H and O–H groups in total. The van der Waals surface area contributed by atoms with Crippen LogP contribution in [0.2, 0.25) is 0 Å². The number of aromatic nitrogens is 3. The lowest BCUT2D eigenvalue weighted by atomic mass is 10.2. The predicted octanol–water partition coefficient (Wildman–Crippen LogP) is 3.09. The molecule has 0 radical (unpaired) electrons. The zero-order chi connectivity index (χ0) is 17.4. The van der Waals surface area contributed by atoms with Crippen molar-refractivity contribution in [1.29, 1.82) is 0 Å². The van der Waals surface area contributed by atoms with Crippen molar-refractivity contribution in [3.63, 3.8) is 0 Å². The van der Waals surface area contributed by atoms with Gasteiger partial charge >= 0.3 is 0 Å². The average molecular weight is 478 g/mol. The van der Waals surface area contributed by atoms with Crippen LogP contribution in [0.4, 0.5) is 0 Å². The fourth-order valence-corrected chi connectivity index (χ4v) is 3.30. The molecule has 0 bridgehead atoms. The van der Waals surface area contributed by atoms with Crippen LogP contribution in [0, 0.1) is 5.92 Å². The first kappa shape index (κ1) is 22.3. The van der Waals surface area contributed by atoms with Crippen molar-refractivity contribution >= 4 is 41.7 Å². The fraction of sp³-hybridized carbons (Fsp3) is 0.706. The Hall–Kier alpha value is -0.770. The molecule has 25 heavy (non-hydrogen) atoms. The molecule has 0 aromatic carbocycles. The van der Waals surface area contributed by atoms with Crippen LogP contribution in [-0.4, -0.2) is 46.6 Å². The molecule has 1 aromatic heterocycles. The minimum Gasteiger partial charge on any atom is -0.356 e. The summed E-state index contributed by atoms with van der Waals surface area (Å²) in [6.07, 6.45) is 10.6. The Morgan fingerprint density at radius 3 is 2.68 bits per heavy atom. The maximum Gasteiger partial charge on any atom is 0.191 e. The summed E-state index contributed by atoms with van der Waals surface area (Å²) in [7, 11) is 1.82. The number of nitrogens with zero attached hydrogens (tertiary/aromatic N) is 4. The number of hydrogen-bond acceptors (Lipinski definition) is 4. The largest absolute Gasteiger partial charge is 0.356 e. The molecular weight excluding hydrogens is 447 g/mol. The van der Waals surface area contributed by atoms with Crippen LogP contribution in [0.5, 0.6) is 0 Å². The summed E-state index contributed by atoms with van der Waals surface area (Å²) in [4.78, 5) is 4.30. The molecule has 1 aromatic rings. The molecule has 1 aliphatic carbocycles. The molecule has 1 heterocycles. The lowest BCUT2D eigenvalue weighted by Gasteiger charge is -2.17. The van der Waals surface area contributed by atoms with Crippen molar-refractivity contribution in [2.45, 2.75) is 57.3 Å². The van der Waals surface area contributed by atoms with E-state index in [0.717, 1.165) is 55.7 Å². The molecule has 0 unspecified atom stereocenters. The van der Waals surface area contributed by atoms with E-state index in [0.29, 0.717) is 12.0 Å². The molecule has 0 fully saturated rings. The number of guanidine groups is 1. The van der Waals surface area contributed by atoms with E-state index in [9.17, 15) is 0 Å². The van der Waals surface area contributed by atoms with Crippen LogP contribution in [0.15, 0.2) is 22.3 Å². The third-order valence-corrected chi connectivity index (χ3v) is 4.63. The number of halogens is 1. The topological polar surface area (TPSA) is 67.1 Å². The molecule has 142 valence electrons. The van der Waals surface area contributed by atoms with E-state index in [1.165, 1.54) is 0 Å². The second-order valence-electron chi connectivity index (χ2n) is 6.49. The van der Waals surface area contributed by atoms with Gasteiger partial charge in [-0.1, -0.05) is 37.8 Å². The van der Waals surface area contributed by atoms with Gasteiger partial charge in [-0.2, -0.15) is 0 Å². The summed E-state index contributed by atoms with van der Waals surface area (Å²) in [6, 6.07) is 0.481. The first-order chi connectivity index (χ1) is 11.6. The molecular formula is C17H31IN6S. The van der Waals surface area contributed by atoms with Gasteiger partial charge in [0.2, 0.25) is 0 Å². The highest BCUT2D eigenvalue weighted by atomic mass is 127. The van der Waals surface area contributed by atoms with Gasteiger partial charge in [0.15, 0.2) is 11.1 Å². The third-order valence-electron chi connectivity index (χ3n) is 3.97. The fourth-order valence-electron chi connectivity index (χ4n) is 2.78.